The molecule has 0 atom stereocenters. The predicted molar refractivity (Wildman–Crippen MR) is 149 cm³/mol. The van der Waals surface area contributed by atoms with Crippen LogP contribution in [0.15, 0.2) is 121 Å². The minimum absolute atomic E-state index is 1.29. The third kappa shape index (κ3) is 2.43. The monoisotopic (exact) mass is 428 g/mol. The largest absolute Gasteiger partial charge is 0.0616 e. The van der Waals surface area contributed by atoms with E-state index in [1.165, 1.54) is 75.4 Å². The van der Waals surface area contributed by atoms with Crippen LogP contribution in [0.5, 0.6) is 0 Å². The molecule has 0 N–H and O–H groups in total. The van der Waals surface area contributed by atoms with Gasteiger partial charge in [-0.25, -0.2) is 0 Å². The van der Waals surface area contributed by atoms with Gasteiger partial charge in [0, 0.05) is 0 Å². The molecule has 0 radical (unpaired) electrons. The molecule has 0 saturated carbocycles. The molecular weight excluding hydrogens is 408 g/mol. The molecule has 8 rings (SSSR count). The van der Waals surface area contributed by atoms with Crippen LogP contribution in [0.1, 0.15) is 0 Å². The van der Waals surface area contributed by atoms with E-state index in [9.17, 15) is 0 Å². The zero-order valence-electron chi connectivity index (χ0n) is 18.5. The summed E-state index contributed by atoms with van der Waals surface area (Å²) in [4.78, 5) is 0. The SMILES string of the molecule is c1ccc2c(c1)ccc1cc3c(ccc4ccc5cc6c(ccc7ccccc76)cc5c43)cc12. The Hall–Kier alpha value is -4.42. The lowest BCUT2D eigenvalue weighted by molar-refractivity contribution is 1.78. The molecule has 0 nitrogen and oxygen atoms in total. The van der Waals surface area contributed by atoms with E-state index >= 15 is 0 Å². The number of benzene rings is 8. The first-order chi connectivity index (χ1) is 16.8. The fourth-order valence-electron chi connectivity index (χ4n) is 5.89. The molecule has 8 aromatic rings. The molecule has 8 aromatic carbocycles. The average molecular weight is 429 g/mol. The molecule has 156 valence electrons. The minimum Gasteiger partial charge on any atom is -0.0616 e. The average Bonchev–Trinajstić information content (AvgIpc) is 2.90. The second kappa shape index (κ2) is 6.56. The molecule has 0 spiro atoms. The van der Waals surface area contributed by atoms with E-state index in [0.29, 0.717) is 0 Å². The lowest BCUT2D eigenvalue weighted by Gasteiger charge is -2.12. The first kappa shape index (κ1) is 18.1. The highest BCUT2D eigenvalue weighted by Gasteiger charge is 2.10. The Morgan fingerprint density at radius 1 is 0.235 bits per heavy atom. The molecule has 0 saturated heterocycles. The summed E-state index contributed by atoms with van der Waals surface area (Å²) in [6, 6.07) is 45.0. The Labute approximate surface area is 196 Å². The van der Waals surface area contributed by atoms with Crippen LogP contribution in [0.2, 0.25) is 0 Å². The lowest BCUT2D eigenvalue weighted by Crippen LogP contribution is -1.85. The third-order valence-corrected chi connectivity index (χ3v) is 7.54. The highest BCUT2D eigenvalue weighted by Crippen LogP contribution is 2.38. The van der Waals surface area contributed by atoms with Gasteiger partial charge >= 0.3 is 0 Å². The zero-order chi connectivity index (χ0) is 22.2. The molecule has 0 aliphatic heterocycles. The van der Waals surface area contributed by atoms with Gasteiger partial charge in [-0.05, 0) is 99.7 Å². The van der Waals surface area contributed by atoms with E-state index < -0.39 is 0 Å². The van der Waals surface area contributed by atoms with E-state index in [1.807, 2.05) is 0 Å². The van der Waals surface area contributed by atoms with Gasteiger partial charge in [-0.15, -0.1) is 0 Å². The van der Waals surface area contributed by atoms with Gasteiger partial charge in [0.15, 0.2) is 0 Å². The molecule has 0 aliphatic carbocycles. The highest BCUT2D eigenvalue weighted by atomic mass is 14.1. The van der Waals surface area contributed by atoms with Crippen molar-refractivity contribution in [3.63, 3.8) is 0 Å². The summed E-state index contributed by atoms with van der Waals surface area (Å²) in [6.07, 6.45) is 0. The second-order valence-electron chi connectivity index (χ2n) is 9.39. The van der Waals surface area contributed by atoms with Gasteiger partial charge in [-0.3, -0.25) is 0 Å². The molecule has 0 unspecified atom stereocenters. The second-order valence-corrected chi connectivity index (χ2v) is 9.39. The molecular formula is C34H20. The van der Waals surface area contributed by atoms with E-state index in [1.54, 1.807) is 0 Å². The number of rotatable bonds is 0. The fourth-order valence-corrected chi connectivity index (χ4v) is 5.89. The lowest BCUT2D eigenvalue weighted by atomic mass is 9.91. The third-order valence-electron chi connectivity index (χ3n) is 7.54. The molecule has 0 amide bonds. The van der Waals surface area contributed by atoms with Crippen LogP contribution in [0.3, 0.4) is 0 Å². The van der Waals surface area contributed by atoms with E-state index in [4.69, 9.17) is 0 Å². The molecule has 0 heteroatoms. The summed E-state index contributed by atoms with van der Waals surface area (Å²) in [7, 11) is 0. The molecule has 0 aliphatic rings. The maximum absolute atomic E-state index is 2.39. The maximum Gasteiger partial charge on any atom is -0.00264 e. The summed E-state index contributed by atoms with van der Waals surface area (Å²) in [5.74, 6) is 0. The maximum atomic E-state index is 2.39. The van der Waals surface area contributed by atoms with Gasteiger partial charge in [0.25, 0.3) is 0 Å². The van der Waals surface area contributed by atoms with Crippen molar-refractivity contribution in [1.82, 2.24) is 0 Å². The first-order valence-electron chi connectivity index (χ1n) is 11.9. The fraction of sp³-hybridized carbons (Fsp3) is 0. The molecule has 34 heavy (non-hydrogen) atoms. The van der Waals surface area contributed by atoms with Crippen molar-refractivity contribution in [2.45, 2.75) is 0 Å². The topological polar surface area (TPSA) is 0 Å². The van der Waals surface area contributed by atoms with Gasteiger partial charge in [0.1, 0.15) is 0 Å². The van der Waals surface area contributed by atoms with Crippen LogP contribution in [-0.2, 0) is 0 Å². The van der Waals surface area contributed by atoms with Crippen molar-refractivity contribution in [2.75, 3.05) is 0 Å². The Morgan fingerprint density at radius 2 is 0.588 bits per heavy atom. The first-order valence-corrected chi connectivity index (χ1v) is 11.9. The Kier molecular flexibility index (Phi) is 3.48. The summed E-state index contributed by atoms with van der Waals surface area (Å²) in [5.41, 5.74) is 0. The normalized spacial score (nSPS) is 12.1. The van der Waals surface area contributed by atoms with Crippen molar-refractivity contribution in [3.05, 3.63) is 121 Å². The predicted octanol–water partition coefficient (Wildman–Crippen LogP) is 9.76. The minimum atomic E-state index is 1.29. The smallest absolute Gasteiger partial charge is 0.00264 e. The summed E-state index contributed by atoms with van der Waals surface area (Å²) in [5, 5.41) is 18.3. The van der Waals surface area contributed by atoms with Crippen molar-refractivity contribution < 1.29 is 0 Å². The van der Waals surface area contributed by atoms with Gasteiger partial charge < -0.3 is 0 Å². The van der Waals surface area contributed by atoms with Gasteiger partial charge in [0.05, 0.1) is 0 Å². The van der Waals surface area contributed by atoms with E-state index in [0.717, 1.165) is 0 Å². The van der Waals surface area contributed by atoms with Crippen LogP contribution < -0.4 is 0 Å². The summed E-state index contributed by atoms with van der Waals surface area (Å²) in [6.45, 7) is 0. The van der Waals surface area contributed by atoms with Crippen LogP contribution in [0, 0.1) is 0 Å². The Balaban J connectivity index is 1.54. The number of hydrogen-bond acceptors (Lipinski definition) is 0. The molecule has 0 aromatic heterocycles. The highest BCUT2D eigenvalue weighted by molar-refractivity contribution is 6.26. The molecule has 0 fully saturated rings. The zero-order valence-corrected chi connectivity index (χ0v) is 18.5. The van der Waals surface area contributed by atoms with Crippen molar-refractivity contribution in [1.29, 1.82) is 0 Å². The van der Waals surface area contributed by atoms with Crippen LogP contribution in [0.25, 0.3) is 75.4 Å². The Bertz CT molecular complexity index is 1960. The standard InChI is InChI=1S/C34H20/c1-3-7-28-21(5-1)9-13-24-19-32-26(17-30(24)28)15-11-23-12-16-27-18-31-25(20-33(27)34(23)32)14-10-22-6-2-4-8-29(22)31/h1-20H. The number of fused-ring (bicyclic) bond motifs is 11. The van der Waals surface area contributed by atoms with Crippen molar-refractivity contribution in [2.24, 2.45) is 0 Å². The quantitative estimate of drug-likeness (QED) is 0.166. The van der Waals surface area contributed by atoms with E-state index in [-0.39, 0.29) is 0 Å². The molecule has 0 heterocycles. The molecule has 0 bridgehead atoms. The van der Waals surface area contributed by atoms with Crippen LogP contribution in [-0.4, -0.2) is 0 Å². The van der Waals surface area contributed by atoms with Crippen LogP contribution in [0.4, 0.5) is 0 Å². The summed E-state index contributed by atoms with van der Waals surface area (Å²) < 4.78 is 0. The van der Waals surface area contributed by atoms with Crippen molar-refractivity contribution >= 4 is 75.4 Å². The Morgan fingerprint density at radius 3 is 1.09 bits per heavy atom. The van der Waals surface area contributed by atoms with Crippen LogP contribution >= 0.6 is 0 Å². The van der Waals surface area contributed by atoms with Gasteiger partial charge in [-0.2, -0.15) is 0 Å². The van der Waals surface area contributed by atoms with Crippen molar-refractivity contribution in [3.8, 4) is 0 Å². The van der Waals surface area contributed by atoms with Gasteiger partial charge in [0.2, 0.25) is 0 Å². The van der Waals surface area contributed by atoms with Gasteiger partial charge in [-0.1, -0.05) is 97.1 Å². The summed E-state index contributed by atoms with van der Waals surface area (Å²) >= 11 is 0. The van der Waals surface area contributed by atoms with E-state index in [2.05, 4.69) is 121 Å². The number of hydrogen-bond donors (Lipinski definition) is 0.